The van der Waals surface area contributed by atoms with Gasteiger partial charge >= 0.3 is 0 Å². The molecule has 1 aromatic carbocycles. The van der Waals surface area contributed by atoms with Gasteiger partial charge in [0.1, 0.15) is 18.5 Å². The van der Waals surface area contributed by atoms with Crippen LogP contribution in [0, 0.1) is 0 Å². The number of imidazole rings is 1. The molecule has 7 nitrogen and oxygen atoms in total. The third-order valence-corrected chi connectivity index (χ3v) is 4.90. The Morgan fingerprint density at radius 3 is 2.85 bits per heavy atom. The highest BCUT2D eigenvalue weighted by Crippen LogP contribution is 2.23. The van der Waals surface area contributed by atoms with Gasteiger partial charge in [0.05, 0.1) is 17.1 Å². The Morgan fingerprint density at radius 1 is 1.31 bits per heavy atom. The van der Waals surface area contributed by atoms with Crippen molar-refractivity contribution < 1.29 is 14.3 Å². The fraction of sp³-hybridized carbons (Fsp3) is 0.526. The SMILES string of the molecule is CC(NC(=O)C1CCCO1)c1nc2ccccc2n1CC(=O)NC1CC1. The number of benzene rings is 1. The molecular formula is C19H24N4O3. The van der Waals surface area contributed by atoms with E-state index in [1.807, 2.05) is 35.8 Å². The van der Waals surface area contributed by atoms with E-state index < -0.39 is 0 Å². The zero-order valence-electron chi connectivity index (χ0n) is 14.9. The molecule has 0 radical (unpaired) electrons. The Hall–Kier alpha value is -2.41. The van der Waals surface area contributed by atoms with Crippen molar-refractivity contribution in [2.24, 2.45) is 0 Å². The van der Waals surface area contributed by atoms with Crippen molar-refractivity contribution in [1.29, 1.82) is 0 Å². The van der Waals surface area contributed by atoms with Gasteiger partial charge in [-0.2, -0.15) is 0 Å². The summed E-state index contributed by atoms with van der Waals surface area (Å²) in [5, 5.41) is 6.00. The number of fused-ring (bicyclic) bond motifs is 1. The molecule has 2 heterocycles. The second-order valence-electron chi connectivity index (χ2n) is 7.12. The predicted octanol–water partition coefficient (Wildman–Crippen LogP) is 1.67. The average Bonchev–Trinajstić information content (AvgIpc) is 3.13. The minimum atomic E-state index is -0.381. The Bertz CT molecular complexity index is 821. The maximum absolute atomic E-state index is 12.4. The molecule has 0 bridgehead atoms. The van der Waals surface area contributed by atoms with E-state index in [0.717, 1.165) is 36.7 Å². The molecule has 26 heavy (non-hydrogen) atoms. The van der Waals surface area contributed by atoms with Gasteiger partial charge in [0.25, 0.3) is 0 Å². The van der Waals surface area contributed by atoms with Crippen molar-refractivity contribution >= 4 is 22.8 Å². The number of carbonyl (C=O) groups excluding carboxylic acids is 2. The standard InChI is InChI=1S/C19H24N4O3/c1-12(20-19(25)16-7-4-10-26-16)18-22-14-5-2-3-6-15(14)23(18)11-17(24)21-13-8-9-13/h2-3,5-6,12-13,16H,4,7-11H2,1H3,(H,20,25)(H,21,24). The Morgan fingerprint density at radius 2 is 2.12 bits per heavy atom. The monoisotopic (exact) mass is 356 g/mol. The van der Waals surface area contributed by atoms with Crippen LogP contribution in [0.5, 0.6) is 0 Å². The first-order chi connectivity index (χ1) is 12.6. The zero-order chi connectivity index (χ0) is 18.1. The first kappa shape index (κ1) is 17.0. The second kappa shape index (κ2) is 7.07. The van der Waals surface area contributed by atoms with Crippen LogP contribution in [0.15, 0.2) is 24.3 Å². The third-order valence-electron chi connectivity index (χ3n) is 4.90. The van der Waals surface area contributed by atoms with Crippen LogP contribution in [0.25, 0.3) is 11.0 Å². The normalized spacial score (nSPS) is 20.9. The van der Waals surface area contributed by atoms with Gasteiger partial charge in [-0.05, 0) is 44.7 Å². The molecular weight excluding hydrogens is 332 g/mol. The van der Waals surface area contributed by atoms with E-state index in [-0.39, 0.29) is 30.5 Å². The first-order valence-corrected chi connectivity index (χ1v) is 9.28. The smallest absolute Gasteiger partial charge is 0.249 e. The van der Waals surface area contributed by atoms with Gasteiger partial charge in [0, 0.05) is 12.6 Å². The summed E-state index contributed by atoms with van der Waals surface area (Å²) in [4.78, 5) is 29.4. The van der Waals surface area contributed by atoms with Crippen LogP contribution >= 0.6 is 0 Å². The van der Waals surface area contributed by atoms with Gasteiger partial charge < -0.3 is 19.9 Å². The molecule has 2 aliphatic rings. The van der Waals surface area contributed by atoms with Gasteiger partial charge in [-0.25, -0.2) is 4.98 Å². The van der Waals surface area contributed by atoms with E-state index in [1.54, 1.807) is 0 Å². The topological polar surface area (TPSA) is 85.2 Å². The number of nitrogens with zero attached hydrogens (tertiary/aromatic N) is 2. The minimum Gasteiger partial charge on any atom is -0.368 e. The van der Waals surface area contributed by atoms with Gasteiger partial charge in [-0.3, -0.25) is 9.59 Å². The van der Waals surface area contributed by atoms with E-state index in [1.165, 1.54) is 0 Å². The Balaban J connectivity index is 1.56. The molecule has 2 N–H and O–H groups in total. The predicted molar refractivity (Wildman–Crippen MR) is 96.4 cm³/mol. The molecule has 7 heteroatoms. The van der Waals surface area contributed by atoms with Gasteiger partial charge in [0.2, 0.25) is 11.8 Å². The van der Waals surface area contributed by atoms with Crippen molar-refractivity contribution in [3.63, 3.8) is 0 Å². The number of para-hydroxylation sites is 2. The van der Waals surface area contributed by atoms with E-state index in [9.17, 15) is 9.59 Å². The lowest BCUT2D eigenvalue weighted by Crippen LogP contribution is -2.37. The van der Waals surface area contributed by atoms with Crippen molar-refractivity contribution in [3.05, 3.63) is 30.1 Å². The summed E-state index contributed by atoms with van der Waals surface area (Å²) < 4.78 is 7.35. The summed E-state index contributed by atoms with van der Waals surface area (Å²) >= 11 is 0. The number of hydrogen-bond donors (Lipinski definition) is 2. The van der Waals surface area contributed by atoms with Crippen LogP contribution in [0.1, 0.15) is 44.5 Å². The molecule has 2 fully saturated rings. The Labute approximate surface area is 152 Å². The number of rotatable bonds is 6. The van der Waals surface area contributed by atoms with Crippen LogP contribution in [-0.2, 0) is 20.9 Å². The largest absolute Gasteiger partial charge is 0.368 e. The van der Waals surface area contributed by atoms with Crippen molar-refractivity contribution in [3.8, 4) is 0 Å². The van der Waals surface area contributed by atoms with E-state index in [2.05, 4.69) is 15.6 Å². The van der Waals surface area contributed by atoms with Crippen LogP contribution in [0.4, 0.5) is 0 Å². The summed E-state index contributed by atoms with van der Waals surface area (Å²) in [5.41, 5.74) is 1.71. The number of nitrogens with one attached hydrogen (secondary N) is 2. The van der Waals surface area contributed by atoms with Crippen LogP contribution in [0.2, 0.25) is 0 Å². The van der Waals surface area contributed by atoms with Gasteiger partial charge in [0.15, 0.2) is 0 Å². The summed E-state index contributed by atoms with van der Waals surface area (Å²) in [7, 11) is 0. The Kier molecular flexibility index (Phi) is 4.63. The molecule has 2 atom stereocenters. The van der Waals surface area contributed by atoms with E-state index >= 15 is 0 Å². The number of hydrogen-bond acceptors (Lipinski definition) is 4. The maximum atomic E-state index is 12.4. The molecule has 4 rings (SSSR count). The minimum absolute atomic E-state index is 0.0189. The van der Waals surface area contributed by atoms with Crippen molar-refractivity contribution in [2.45, 2.75) is 57.3 Å². The lowest BCUT2D eigenvalue weighted by atomic mass is 10.2. The lowest BCUT2D eigenvalue weighted by Gasteiger charge is -2.18. The number of carbonyl (C=O) groups is 2. The molecule has 1 aliphatic heterocycles. The fourth-order valence-electron chi connectivity index (χ4n) is 3.39. The highest BCUT2D eigenvalue weighted by molar-refractivity contribution is 5.83. The van der Waals surface area contributed by atoms with E-state index in [0.29, 0.717) is 18.5 Å². The van der Waals surface area contributed by atoms with Crippen molar-refractivity contribution in [2.75, 3.05) is 6.61 Å². The molecule has 0 spiro atoms. The highest BCUT2D eigenvalue weighted by atomic mass is 16.5. The van der Waals surface area contributed by atoms with Crippen LogP contribution < -0.4 is 10.6 Å². The molecule has 2 aromatic rings. The third kappa shape index (κ3) is 3.58. The molecule has 1 aliphatic carbocycles. The zero-order valence-corrected chi connectivity index (χ0v) is 14.9. The van der Waals surface area contributed by atoms with Crippen LogP contribution in [-0.4, -0.2) is 40.1 Å². The van der Waals surface area contributed by atoms with Crippen molar-refractivity contribution in [1.82, 2.24) is 20.2 Å². The summed E-state index contributed by atoms with van der Waals surface area (Å²) in [6, 6.07) is 7.72. The summed E-state index contributed by atoms with van der Waals surface area (Å²) in [6.45, 7) is 2.72. The second-order valence-corrected chi connectivity index (χ2v) is 7.12. The maximum Gasteiger partial charge on any atom is 0.249 e. The van der Waals surface area contributed by atoms with Gasteiger partial charge in [-0.15, -0.1) is 0 Å². The molecule has 1 saturated carbocycles. The summed E-state index contributed by atoms with van der Waals surface area (Å²) in [5.74, 6) is 0.550. The molecule has 2 unspecified atom stereocenters. The lowest BCUT2D eigenvalue weighted by molar-refractivity contribution is -0.130. The first-order valence-electron chi connectivity index (χ1n) is 9.28. The average molecular weight is 356 g/mol. The van der Waals surface area contributed by atoms with Gasteiger partial charge in [-0.1, -0.05) is 12.1 Å². The highest BCUT2D eigenvalue weighted by Gasteiger charge is 2.28. The molecule has 1 aromatic heterocycles. The quantitative estimate of drug-likeness (QED) is 0.824. The molecule has 138 valence electrons. The number of amides is 2. The number of aromatic nitrogens is 2. The number of ether oxygens (including phenoxy) is 1. The summed E-state index contributed by atoms with van der Waals surface area (Å²) in [6.07, 6.45) is 3.38. The fourth-order valence-corrected chi connectivity index (χ4v) is 3.39. The molecule has 1 saturated heterocycles. The van der Waals surface area contributed by atoms with E-state index in [4.69, 9.17) is 4.74 Å². The molecule has 2 amide bonds. The van der Waals surface area contributed by atoms with Crippen LogP contribution in [0.3, 0.4) is 0 Å².